The number of likely N-dealkylation sites (tertiary alicyclic amines) is 2. The predicted octanol–water partition coefficient (Wildman–Crippen LogP) is 2.62. The minimum Gasteiger partial charge on any atom is -0.497 e. The molecule has 5 heteroatoms. The predicted molar refractivity (Wildman–Crippen MR) is 91.7 cm³/mol. The lowest BCUT2D eigenvalue weighted by atomic mass is 9.95. The van der Waals surface area contributed by atoms with Crippen molar-refractivity contribution < 1.29 is 14.3 Å². The van der Waals surface area contributed by atoms with Gasteiger partial charge in [0.05, 0.1) is 19.1 Å². The van der Waals surface area contributed by atoms with Gasteiger partial charge < -0.3 is 14.5 Å². The quantitative estimate of drug-likeness (QED) is 0.856. The van der Waals surface area contributed by atoms with Crippen molar-refractivity contribution in [1.82, 2.24) is 9.80 Å². The highest BCUT2D eigenvalue weighted by Gasteiger charge is 2.36. The lowest BCUT2D eigenvalue weighted by molar-refractivity contribution is -0.140. The molecule has 0 N–H and O–H groups in total. The maximum atomic E-state index is 13.1. The van der Waals surface area contributed by atoms with Crippen molar-refractivity contribution in [3.05, 3.63) is 29.8 Å². The average Bonchev–Trinajstić information content (AvgIpc) is 3.11. The summed E-state index contributed by atoms with van der Waals surface area (Å²) >= 11 is 0. The Labute approximate surface area is 143 Å². The maximum Gasteiger partial charge on any atom is 0.227 e. The van der Waals surface area contributed by atoms with E-state index in [1.165, 1.54) is 0 Å². The average molecular weight is 330 g/mol. The van der Waals surface area contributed by atoms with Crippen LogP contribution in [0.15, 0.2) is 24.3 Å². The molecule has 0 aliphatic carbocycles. The fraction of sp³-hybridized carbons (Fsp3) is 0.579. The first-order chi connectivity index (χ1) is 11.6. The number of hydrogen-bond acceptors (Lipinski definition) is 3. The normalized spacial score (nSPS) is 24.1. The summed E-state index contributed by atoms with van der Waals surface area (Å²) in [5, 5.41) is 0. The summed E-state index contributed by atoms with van der Waals surface area (Å²) in [7, 11) is 1.66. The van der Waals surface area contributed by atoms with E-state index in [-0.39, 0.29) is 23.8 Å². The van der Waals surface area contributed by atoms with E-state index >= 15 is 0 Å². The van der Waals surface area contributed by atoms with Gasteiger partial charge in [-0.25, -0.2) is 0 Å². The molecular formula is C19H26N2O3. The number of ether oxygens (including phenoxy) is 1. The zero-order valence-electron chi connectivity index (χ0n) is 14.5. The lowest BCUT2D eigenvalue weighted by Crippen LogP contribution is -2.46. The van der Waals surface area contributed by atoms with Crippen molar-refractivity contribution in [1.29, 1.82) is 0 Å². The number of nitrogens with zero attached hydrogens (tertiary/aromatic N) is 2. The summed E-state index contributed by atoms with van der Waals surface area (Å²) in [6.07, 6.45) is 3.80. The Kier molecular flexibility index (Phi) is 5.07. The highest BCUT2D eigenvalue weighted by Crippen LogP contribution is 2.35. The first kappa shape index (κ1) is 16.8. The summed E-state index contributed by atoms with van der Waals surface area (Å²) in [4.78, 5) is 28.5. The molecule has 2 saturated heterocycles. The van der Waals surface area contributed by atoms with Gasteiger partial charge in [-0.3, -0.25) is 9.59 Å². The van der Waals surface area contributed by atoms with E-state index in [4.69, 9.17) is 4.74 Å². The van der Waals surface area contributed by atoms with Crippen molar-refractivity contribution in [2.75, 3.05) is 26.7 Å². The Morgan fingerprint density at radius 1 is 1.17 bits per heavy atom. The van der Waals surface area contributed by atoms with Gasteiger partial charge in [-0.2, -0.15) is 0 Å². The molecule has 0 radical (unpaired) electrons. The Hall–Kier alpha value is -2.04. The van der Waals surface area contributed by atoms with Crippen LogP contribution in [-0.2, 0) is 9.59 Å². The van der Waals surface area contributed by atoms with E-state index in [1.807, 2.05) is 28.0 Å². The van der Waals surface area contributed by atoms with Crippen LogP contribution in [0.1, 0.15) is 44.2 Å². The monoisotopic (exact) mass is 330 g/mol. The van der Waals surface area contributed by atoms with Gasteiger partial charge in [0.1, 0.15) is 5.75 Å². The van der Waals surface area contributed by atoms with Crippen LogP contribution in [0.3, 0.4) is 0 Å². The Balaban J connectivity index is 1.74. The molecule has 0 aromatic heterocycles. The van der Waals surface area contributed by atoms with Crippen LogP contribution in [0.25, 0.3) is 0 Å². The Morgan fingerprint density at radius 3 is 2.71 bits per heavy atom. The number of hydrogen-bond donors (Lipinski definition) is 0. The second-order valence-electron chi connectivity index (χ2n) is 6.77. The van der Waals surface area contributed by atoms with E-state index < -0.39 is 0 Å². The van der Waals surface area contributed by atoms with Crippen molar-refractivity contribution in [2.24, 2.45) is 5.92 Å². The van der Waals surface area contributed by atoms with Crippen LogP contribution >= 0.6 is 0 Å². The topological polar surface area (TPSA) is 49.9 Å². The number of piperidine rings is 1. The second-order valence-corrected chi connectivity index (χ2v) is 6.77. The van der Waals surface area contributed by atoms with E-state index in [0.29, 0.717) is 6.54 Å². The summed E-state index contributed by atoms with van der Waals surface area (Å²) in [6.45, 7) is 3.73. The molecule has 2 atom stereocenters. The summed E-state index contributed by atoms with van der Waals surface area (Å²) < 4.78 is 5.32. The van der Waals surface area contributed by atoms with Gasteiger partial charge in [0.2, 0.25) is 11.8 Å². The van der Waals surface area contributed by atoms with Gasteiger partial charge in [-0.1, -0.05) is 12.1 Å². The first-order valence-electron chi connectivity index (χ1n) is 8.80. The zero-order valence-corrected chi connectivity index (χ0v) is 14.5. The summed E-state index contributed by atoms with van der Waals surface area (Å²) in [5.74, 6) is 1.03. The highest BCUT2D eigenvalue weighted by molar-refractivity contribution is 5.81. The van der Waals surface area contributed by atoms with Gasteiger partial charge in [0.25, 0.3) is 0 Å². The molecule has 2 heterocycles. The number of carbonyl (C=O) groups is 2. The second kappa shape index (κ2) is 7.24. The van der Waals surface area contributed by atoms with Crippen LogP contribution in [0.5, 0.6) is 5.75 Å². The number of carbonyl (C=O) groups excluding carboxylic acids is 2. The van der Waals surface area contributed by atoms with E-state index in [9.17, 15) is 9.59 Å². The number of amides is 2. The van der Waals surface area contributed by atoms with Gasteiger partial charge in [0.15, 0.2) is 0 Å². The molecule has 2 unspecified atom stereocenters. The minimum atomic E-state index is -0.0612. The van der Waals surface area contributed by atoms with Crippen molar-refractivity contribution >= 4 is 11.8 Å². The van der Waals surface area contributed by atoms with Gasteiger partial charge in [0, 0.05) is 26.6 Å². The van der Waals surface area contributed by atoms with Crippen LogP contribution in [0.4, 0.5) is 0 Å². The number of methoxy groups -OCH3 is 1. The molecule has 2 aliphatic rings. The van der Waals surface area contributed by atoms with Crippen LogP contribution in [0.2, 0.25) is 0 Å². The van der Waals surface area contributed by atoms with Crippen LogP contribution in [-0.4, -0.2) is 48.4 Å². The van der Waals surface area contributed by atoms with Crippen molar-refractivity contribution in [3.8, 4) is 5.75 Å². The largest absolute Gasteiger partial charge is 0.497 e. The highest BCUT2D eigenvalue weighted by atomic mass is 16.5. The number of benzene rings is 1. The standard InChI is InChI=1S/C19H26N2O3/c1-14(22)20-10-4-7-16(13-20)19(23)21-11-5-9-18(21)15-6-3-8-17(12-15)24-2/h3,6,8,12,16,18H,4-5,7,9-11,13H2,1-2H3. The third-order valence-electron chi connectivity index (χ3n) is 5.23. The Bertz CT molecular complexity index is 616. The van der Waals surface area contributed by atoms with Crippen LogP contribution < -0.4 is 4.74 Å². The van der Waals surface area contributed by atoms with E-state index in [2.05, 4.69) is 6.07 Å². The molecule has 5 nitrogen and oxygen atoms in total. The first-order valence-corrected chi connectivity index (χ1v) is 8.80. The van der Waals surface area contributed by atoms with Crippen LogP contribution in [0, 0.1) is 5.92 Å². The van der Waals surface area contributed by atoms with Gasteiger partial charge >= 0.3 is 0 Å². The molecule has 2 fully saturated rings. The third kappa shape index (κ3) is 3.40. The Morgan fingerprint density at radius 2 is 1.96 bits per heavy atom. The molecule has 3 rings (SSSR count). The fourth-order valence-electron chi connectivity index (χ4n) is 3.93. The molecule has 1 aromatic rings. The SMILES string of the molecule is COc1cccc(C2CCCN2C(=O)C2CCCN(C(C)=O)C2)c1. The zero-order chi connectivity index (χ0) is 17.1. The van der Waals surface area contributed by atoms with Gasteiger partial charge in [-0.15, -0.1) is 0 Å². The smallest absolute Gasteiger partial charge is 0.227 e. The molecule has 2 amide bonds. The third-order valence-corrected chi connectivity index (χ3v) is 5.23. The van der Waals surface area contributed by atoms with Crippen molar-refractivity contribution in [2.45, 2.75) is 38.6 Å². The molecule has 1 aromatic carbocycles. The van der Waals surface area contributed by atoms with Crippen molar-refractivity contribution in [3.63, 3.8) is 0 Å². The molecular weight excluding hydrogens is 304 g/mol. The molecule has 2 aliphatic heterocycles. The molecule has 0 spiro atoms. The molecule has 24 heavy (non-hydrogen) atoms. The van der Waals surface area contributed by atoms with E-state index in [0.717, 1.165) is 50.1 Å². The summed E-state index contributed by atoms with van der Waals surface area (Å²) in [5.41, 5.74) is 1.14. The maximum absolute atomic E-state index is 13.1. The minimum absolute atomic E-state index is 0.0612. The molecule has 0 saturated carbocycles. The summed E-state index contributed by atoms with van der Waals surface area (Å²) in [6, 6.07) is 8.13. The molecule has 130 valence electrons. The molecule has 0 bridgehead atoms. The van der Waals surface area contributed by atoms with Gasteiger partial charge in [-0.05, 0) is 43.4 Å². The fourth-order valence-corrected chi connectivity index (χ4v) is 3.93. The number of rotatable bonds is 3. The van der Waals surface area contributed by atoms with E-state index in [1.54, 1.807) is 14.0 Å². The lowest BCUT2D eigenvalue weighted by Gasteiger charge is -2.35.